The van der Waals surface area contributed by atoms with Crippen molar-refractivity contribution in [3.8, 4) is 0 Å². The van der Waals surface area contributed by atoms with Crippen LogP contribution in [-0.4, -0.2) is 19.0 Å². The van der Waals surface area contributed by atoms with Gasteiger partial charge in [0.25, 0.3) is 0 Å². The number of rotatable bonds is 3. The number of aliphatic imine (C=N–C) groups is 1. The van der Waals surface area contributed by atoms with Crippen molar-refractivity contribution in [3.05, 3.63) is 59.7 Å². The van der Waals surface area contributed by atoms with Crippen LogP contribution in [0.4, 0.5) is 0 Å². The fourth-order valence-corrected chi connectivity index (χ4v) is 1.73. The first-order valence-corrected chi connectivity index (χ1v) is 5.75. The van der Waals surface area contributed by atoms with E-state index >= 15 is 0 Å². The summed E-state index contributed by atoms with van der Waals surface area (Å²) < 4.78 is 5.52. The van der Waals surface area contributed by atoms with Crippen molar-refractivity contribution in [1.29, 1.82) is 0 Å². The van der Waals surface area contributed by atoms with Crippen molar-refractivity contribution in [2.75, 3.05) is 7.11 Å². The first kappa shape index (κ1) is 11.8. The Hall–Kier alpha value is -1.67. The zero-order chi connectivity index (χ0) is 12.1. The fraction of sp³-hybridized carbons (Fsp3) is 0.267. The van der Waals surface area contributed by atoms with E-state index in [1.54, 1.807) is 7.11 Å². The van der Waals surface area contributed by atoms with Crippen molar-refractivity contribution in [3.63, 3.8) is 0 Å². The highest BCUT2D eigenvalue weighted by Crippen LogP contribution is 2.25. The minimum Gasteiger partial charge on any atom is -0.353 e. The van der Waals surface area contributed by atoms with Crippen LogP contribution < -0.4 is 0 Å². The molecule has 1 aromatic rings. The van der Waals surface area contributed by atoms with Crippen LogP contribution in [0.2, 0.25) is 0 Å². The third kappa shape index (κ3) is 2.92. The van der Waals surface area contributed by atoms with E-state index in [2.05, 4.69) is 24.1 Å². The summed E-state index contributed by atoms with van der Waals surface area (Å²) in [6.07, 6.45) is 8.86. The van der Waals surface area contributed by atoms with Crippen LogP contribution in [0.1, 0.15) is 18.9 Å². The van der Waals surface area contributed by atoms with E-state index in [9.17, 15) is 0 Å². The number of allylic oxidation sites excluding steroid dienone is 2. The molecule has 0 amide bonds. The topological polar surface area (TPSA) is 21.6 Å². The molecule has 17 heavy (non-hydrogen) atoms. The van der Waals surface area contributed by atoms with E-state index in [1.807, 2.05) is 42.6 Å². The highest BCUT2D eigenvalue weighted by molar-refractivity contribution is 5.79. The van der Waals surface area contributed by atoms with Crippen molar-refractivity contribution in [2.24, 2.45) is 4.99 Å². The van der Waals surface area contributed by atoms with Crippen LogP contribution >= 0.6 is 0 Å². The van der Waals surface area contributed by atoms with Crippen molar-refractivity contribution < 1.29 is 4.74 Å². The largest absolute Gasteiger partial charge is 0.353 e. The molecule has 1 unspecified atom stereocenters. The first-order chi connectivity index (χ1) is 8.24. The van der Waals surface area contributed by atoms with E-state index in [4.69, 9.17) is 4.74 Å². The number of nitrogens with zero attached hydrogens (tertiary/aromatic N) is 1. The summed E-state index contributed by atoms with van der Waals surface area (Å²) in [7, 11) is 1.70. The Bertz CT molecular complexity index is 459. The Morgan fingerprint density at radius 2 is 2.06 bits per heavy atom. The Morgan fingerprint density at radius 1 is 1.29 bits per heavy atom. The molecule has 0 aliphatic heterocycles. The molecule has 2 rings (SSSR count). The van der Waals surface area contributed by atoms with Crippen LogP contribution in [0, 0.1) is 0 Å². The standard InChI is InChI=1S/C15H17NO/c1-13-8-10-15(17-2,11-9-13)16-12-14-6-4-3-5-7-14/h3-10,12H,11H2,1-2H3. The molecule has 0 N–H and O–H groups in total. The minimum atomic E-state index is -0.532. The molecule has 0 heterocycles. The molecule has 88 valence electrons. The Balaban J connectivity index is 2.16. The summed E-state index contributed by atoms with van der Waals surface area (Å²) >= 11 is 0. The van der Waals surface area contributed by atoms with Crippen LogP contribution in [0.15, 0.2) is 59.1 Å². The van der Waals surface area contributed by atoms with E-state index in [0.29, 0.717) is 0 Å². The van der Waals surface area contributed by atoms with Gasteiger partial charge in [0.05, 0.1) is 0 Å². The summed E-state index contributed by atoms with van der Waals surface area (Å²) in [5, 5.41) is 0. The van der Waals surface area contributed by atoms with Crippen molar-refractivity contribution in [1.82, 2.24) is 0 Å². The molecule has 0 aromatic heterocycles. The zero-order valence-corrected chi connectivity index (χ0v) is 10.3. The van der Waals surface area contributed by atoms with Gasteiger partial charge in [-0.15, -0.1) is 0 Å². The lowest BCUT2D eigenvalue weighted by Crippen LogP contribution is -2.27. The summed E-state index contributed by atoms with van der Waals surface area (Å²) in [6, 6.07) is 10.1. The van der Waals surface area contributed by atoms with E-state index < -0.39 is 5.72 Å². The van der Waals surface area contributed by atoms with Gasteiger partial charge >= 0.3 is 0 Å². The summed E-state index contributed by atoms with van der Waals surface area (Å²) in [4.78, 5) is 4.56. The molecule has 0 fully saturated rings. The normalized spacial score (nSPS) is 24.0. The molecule has 1 aliphatic carbocycles. The van der Waals surface area contributed by atoms with Gasteiger partial charge in [0.15, 0.2) is 5.72 Å². The van der Waals surface area contributed by atoms with Gasteiger partial charge in [-0.2, -0.15) is 0 Å². The van der Waals surface area contributed by atoms with Crippen LogP contribution in [-0.2, 0) is 4.74 Å². The maximum Gasteiger partial charge on any atom is 0.181 e. The molecule has 0 saturated heterocycles. The number of benzene rings is 1. The van der Waals surface area contributed by atoms with Crippen molar-refractivity contribution >= 4 is 6.21 Å². The summed E-state index contributed by atoms with van der Waals surface area (Å²) in [5.74, 6) is 0. The highest BCUT2D eigenvalue weighted by Gasteiger charge is 2.25. The summed E-state index contributed by atoms with van der Waals surface area (Å²) in [5.41, 5.74) is 1.81. The highest BCUT2D eigenvalue weighted by atomic mass is 16.5. The van der Waals surface area contributed by atoms with Crippen LogP contribution in [0.5, 0.6) is 0 Å². The third-order valence-corrected chi connectivity index (χ3v) is 2.91. The van der Waals surface area contributed by atoms with Gasteiger partial charge in [-0.05, 0) is 18.6 Å². The Morgan fingerprint density at radius 3 is 2.65 bits per heavy atom. The molecule has 1 aromatic carbocycles. The number of hydrogen-bond donors (Lipinski definition) is 0. The van der Waals surface area contributed by atoms with E-state index in [-0.39, 0.29) is 0 Å². The molecular weight excluding hydrogens is 210 g/mol. The lowest BCUT2D eigenvalue weighted by molar-refractivity contribution is 0.0422. The van der Waals surface area contributed by atoms with Crippen molar-refractivity contribution in [2.45, 2.75) is 19.1 Å². The summed E-state index contributed by atoms with van der Waals surface area (Å²) in [6.45, 7) is 2.08. The minimum absolute atomic E-state index is 0.532. The second-order valence-corrected chi connectivity index (χ2v) is 4.20. The second-order valence-electron chi connectivity index (χ2n) is 4.20. The molecule has 2 nitrogen and oxygen atoms in total. The molecule has 1 atom stereocenters. The average molecular weight is 227 g/mol. The molecule has 2 heteroatoms. The van der Waals surface area contributed by atoms with E-state index in [1.165, 1.54) is 5.57 Å². The third-order valence-electron chi connectivity index (χ3n) is 2.91. The van der Waals surface area contributed by atoms with Gasteiger partial charge in [0.2, 0.25) is 0 Å². The predicted octanol–water partition coefficient (Wildman–Crippen LogP) is 3.35. The van der Waals surface area contributed by atoms with Gasteiger partial charge in [-0.25, -0.2) is 0 Å². The molecular formula is C15H17NO. The van der Waals surface area contributed by atoms with E-state index in [0.717, 1.165) is 12.0 Å². The van der Waals surface area contributed by atoms with Crippen LogP contribution in [0.3, 0.4) is 0 Å². The molecule has 0 radical (unpaired) electrons. The zero-order valence-electron chi connectivity index (χ0n) is 10.3. The second kappa shape index (κ2) is 5.11. The first-order valence-electron chi connectivity index (χ1n) is 5.75. The predicted molar refractivity (Wildman–Crippen MR) is 71.3 cm³/mol. The molecule has 0 bridgehead atoms. The maximum absolute atomic E-state index is 5.52. The van der Waals surface area contributed by atoms with Gasteiger partial charge in [-0.3, -0.25) is 4.99 Å². The average Bonchev–Trinajstić information content (AvgIpc) is 2.40. The van der Waals surface area contributed by atoms with Gasteiger partial charge in [0, 0.05) is 19.7 Å². The number of ether oxygens (including phenoxy) is 1. The molecule has 1 aliphatic rings. The fourth-order valence-electron chi connectivity index (χ4n) is 1.73. The maximum atomic E-state index is 5.52. The number of hydrogen-bond acceptors (Lipinski definition) is 2. The smallest absolute Gasteiger partial charge is 0.181 e. The van der Waals surface area contributed by atoms with Gasteiger partial charge < -0.3 is 4.74 Å². The SMILES string of the molecule is COC1(N=Cc2ccccc2)C=CC(C)=CC1. The van der Waals surface area contributed by atoms with Gasteiger partial charge in [-0.1, -0.05) is 48.1 Å². The number of methoxy groups -OCH3 is 1. The quantitative estimate of drug-likeness (QED) is 0.726. The van der Waals surface area contributed by atoms with Gasteiger partial charge in [0.1, 0.15) is 0 Å². The van der Waals surface area contributed by atoms with Crippen LogP contribution in [0.25, 0.3) is 0 Å². The Labute approximate surface area is 102 Å². The molecule has 0 spiro atoms. The lowest BCUT2D eigenvalue weighted by atomic mass is 10.0. The Kier molecular flexibility index (Phi) is 3.55. The lowest BCUT2D eigenvalue weighted by Gasteiger charge is -2.26. The molecule has 0 saturated carbocycles. The monoisotopic (exact) mass is 227 g/mol.